The zero-order chi connectivity index (χ0) is 24.5. The van der Waals surface area contributed by atoms with Crippen LogP contribution in [0.3, 0.4) is 0 Å². The third-order valence-corrected chi connectivity index (χ3v) is 5.17. The summed E-state index contributed by atoms with van der Waals surface area (Å²) in [7, 11) is 0. The number of hydrogen-bond acceptors (Lipinski definition) is 5. The van der Waals surface area contributed by atoms with Gasteiger partial charge in [0.05, 0.1) is 6.54 Å². The molecular formula is C27H28N2O5. The van der Waals surface area contributed by atoms with E-state index >= 15 is 0 Å². The standard InChI is InChI=1S/C27H28N2O5/c1-18-10-9-11-19(2)25(18)29-24(30)16-28-26(31)20(3)34-27(32)22-14-7-8-15-23(22)33-17-21-12-5-4-6-13-21/h4-15,20H,16-17H2,1-3H3,(H,28,31)(H,29,30). The highest BCUT2D eigenvalue weighted by atomic mass is 16.5. The van der Waals surface area contributed by atoms with Gasteiger partial charge in [0.1, 0.15) is 17.9 Å². The number of hydrogen-bond donors (Lipinski definition) is 2. The Balaban J connectivity index is 1.53. The number of carbonyl (C=O) groups is 3. The first-order chi connectivity index (χ1) is 16.3. The minimum atomic E-state index is -1.09. The quantitative estimate of drug-likeness (QED) is 0.467. The highest BCUT2D eigenvalue weighted by Crippen LogP contribution is 2.21. The molecule has 0 radical (unpaired) electrons. The van der Waals surface area contributed by atoms with E-state index in [1.165, 1.54) is 6.92 Å². The summed E-state index contributed by atoms with van der Waals surface area (Å²) in [6.07, 6.45) is -1.09. The van der Waals surface area contributed by atoms with Crippen molar-refractivity contribution < 1.29 is 23.9 Å². The van der Waals surface area contributed by atoms with Crippen LogP contribution in [-0.4, -0.2) is 30.4 Å². The van der Waals surface area contributed by atoms with Gasteiger partial charge in [0.2, 0.25) is 5.91 Å². The summed E-state index contributed by atoms with van der Waals surface area (Å²) in [5, 5.41) is 5.30. The number of rotatable bonds is 9. The highest BCUT2D eigenvalue weighted by Gasteiger charge is 2.22. The molecule has 2 amide bonds. The zero-order valence-corrected chi connectivity index (χ0v) is 19.5. The maximum absolute atomic E-state index is 12.7. The molecule has 0 heterocycles. The molecular weight excluding hydrogens is 432 g/mol. The molecule has 1 unspecified atom stereocenters. The molecule has 2 N–H and O–H groups in total. The van der Waals surface area contributed by atoms with E-state index in [2.05, 4.69) is 10.6 Å². The average molecular weight is 461 g/mol. The van der Waals surface area contributed by atoms with Crippen molar-refractivity contribution in [2.75, 3.05) is 11.9 Å². The van der Waals surface area contributed by atoms with Crippen molar-refractivity contribution in [2.45, 2.75) is 33.5 Å². The first-order valence-corrected chi connectivity index (χ1v) is 11.0. The first-order valence-electron chi connectivity index (χ1n) is 11.0. The predicted molar refractivity (Wildman–Crippen MR) is 130 cm³/mol. The smallest absolute Gasteiger partial charge is 0.342 e. The predicted octanol–water partition coefficient (Wildman–Crippen LogP) is 4.18. The van der Waals surface area contributed by atoms with Gasteiger partial charge in [-0.3, -0.25) is 9.59 Å². The lowest BCUT2D eigenvalue weighted by atomic mass is 10.1. The van der Waals surface area contributed by atoms with Crippen LogP contribution in [0.25, 0.3) is 0 Å². The molecule has 176 valence electrons. The summed E-state index contributed by atoms with van der Waals surface area (Å²) in [4.78, 5) is 37.4. The molecule has 7 nitrogen and oxygen atoms in total. The summed E-state index contributed by atoms with van der Waals surface area (Å²) in [5.74, 6) is -1.28. The van der Waals surface area contributed by atoms with E-state index in [0.29, 0.717) is 11.4 Å². The summed E-state index contributed by atoms with van der Waals surface area (Å²) in [6, 6.07) is 21.9. The van der Waals surface area contributed by atoms with Crippen LogP contribution in [-0.2, 0) is 20.9 Å². The lowest BCUT2D eigenvalue weighted by molar-refractivity contribution is -0.130. The molecule has 7 heteroatoms. The number of ether oxygens (including phenoxy) is 2. The van der Waals surface area contributed by atoms with Gasteiger partial charge in [0.25, 0.3) is 5.91 Å². The Morgan fingerprint density at radius 2 is 1.50 bits per heavy atom. The maximum atomic E-state index is 12.7. The van der Waals surface area contributed by atoms with Gasteiger partial charge < -0.3 is 20.1 Å². The van der Waals surface area contributed by atoms with E-state index < -0.39 is 18.0 Å². The SMILES string of the molecule is Cc1cccc(C)c1NC(=O)CNC(=O)C(C)OC(=O)c1ccccc1OCc1ccccc1. The number of para-hydroxylation sites is 2. The van der Waals surface area contributed by atoms with E-state index in [4.69, 9.17) is 9.47 Å². The molecule has 3 aromatic rings. The second-order valence-corrected chi connectivity index (χ2v) is 7.85. The molecule has 3 aromatic carbocycles. The lowest BCUT2D eigenvalue weighted by Crippen LogP contribution is -2.40. The van der Waals surface area contributed by atoms with E-state index in [-0.39, 0.29) is 24.6 Å². The van der Waals surface area contributed by atoms with Crippen LogP contribution in [0.4, 0.5) is 5.69 Å². The Kier molecular flexibility index (Phi) is 8.40. The van der Waals surface area contributed by atoms with Gasteiger partial charge in [0.15, 0.2) is 6.10 Å². The monoisotopic (exact) mass is 460 g/mol. The van der Waals surface area contributed by atoms with Gasteiger partial charge in [0, 0.05) is 5.69 Å². The normalized spacial score (nSPS) is 11.3. The molecule has 0 saturated heterocycles. The number of carbonyl (C=O) groups excluding carboxylic acids is 3. The molecule has 0 aliphatic heterocycles. The Hall–Kier alpha value is -4.13. The number of esters is 1. The van der Waals surface area contributed by atoms with E-state index in [0.717, 1.165) is 16.7 Å². The first kappa shape index (κ1) is 24.5. The van der Waals surface area contributed by atoms with Crippen LogP contribution >= 0.6 is 0 Å². The van der Waals surface area contributed by atoms with Gasteiger partial charge in [-0.25, -0.2) is 4.79 Å². The third-order valence-electron chi connectivity index (χ3n) is 5.17. The van der Waals surface area contributed by atoms with Gasteiger partial charge >= 0.3 is 5.97 Å². The molecule has 3 rings (SSSR count). The summed E-state index contributed by atoms with van der Waals surface area (Å²) >= 11 is 0. The Labute approximate surface area is 199 Å². The second-order valence-electron chi connectivity index (χ2n) is 7.85. The molecule has 0 aliphatic carbocycles. The van der Waals surface area contributed by atoms with Crippen molar-refractivity contribution in [1.82, 2.24) is 5.32 Å². The average Bonchev–Trinajstić information content (AvgIpc) is 2.84. The van der Waals surface area contributed by atoms with Crippen LogP contribution in [0.5, 0.6) is 5.75 Å². The van der Waals surface area contributed by atoms with Crippen molar-refractivity contribution in [3.05, 3.63) is 95.1 Å². The second kappa shape index (κ2) is 11.7. The molecule has 0 aromatic heterocycles. The Bertz CT molecular complexity index is 1140. The largest absolute Gasteiger partial charge is 0.488 e. The molecule has 0 spiro atoms. The van der Waals surface area contributed by atoms with Crippen LogP contribution in [0.2, 0.25) is 0 Å². The van der Waals surface area contributed by atoms with Gasteiger partial charge in [-0.15, -0.1) is 0 Å². The highest BCUT2D eigenvalue weighted by molar-refractivity contribution is 5.97. The molecule has 1 atom stereocenters. The van der Waals surface area contributed by atoms with Gasteiger partial charge in [-0.05, 0) is 49.6 Å². The number of benzene rings is 3. The van der Waals surface area contributed by atoms with E-state index in [1.54, 1.807) is 24.3 Å². The summed E-state index contributed by atoms with van der Waals surface area (Å²) in [5.41, 5.74) is 3.74. The van der Waals surface area contributed by atoms with Gasteiger partial charge in [-0.2, -0.15) is 0 Å². The fraction of sp³-hybridized carbons (Fsp3) is 0.222. The number of amides is 2. The molecule has 0 aliphatic rings. The fourth-order valence-corrected chi connectivity index (χ4v) is 3.28. The Morgan fingerprint density at radius 1 is 0.853 bits per heavy atom. The number of aryl methyl sites for hydroxylation is 2. The molecule has 34 heavy (non-hydrogen) atoms. The third kappa shape index (κ3) is 6.68. The van der Waals surface area contributed by atoms with Crippen LogP contribution < -0.4 is 15.4 Å². The maximum Gasteiger partial charge on any atom is 0.342 e. The summed E-state index contributed by atoms with van der Waals surface area (Å²) < 4.78 is 11.1. The number of nitrogens with one attached hydrogen (secondary N) is 2. The minimum absolute atomic E-state index is 0.214. The summed E-state index contributed by atoms with van der Waals surface area (Å²) in [6.45, 7) is 5.28. The van der Waals surface area contributed by atoms with Crippen molar-refractivity contribution in [2.24, 2.45) is 0 Å². The fourth-order valence-electron chi connectivity index (χ4n) is 3.28. The van der Waals surface area contributed by atoms with Crippen LogP contribution in [0.1, 0.15) is 34.0 Å². The van der Waals surface area contributed by atoms with Crippen LogP contribution in [0, 0.1) is 13.8 Å². The number of anilines is 1. The lowest BCUT2D eigenvalue weighted by Gasteiger charge is -2.16. The van der Waals surface area contributed by atoms with E-state index in [9.17, 15) is 14.4 Å². The van der Waals surface area contributed by atoms with Crippen molar-refractivity contribution in [1.29, 1.82) is 0 Å². The van der Waals surface area contributed by atoms with Crippen LogP contribution in [0.15, 0.2) is 72.8 Å². The Morgan fingerprint density at radius 3 is 2.21 bits per heavy atom. The molecule has 0 saturated carbocycles. The molecule has 0 fully saturated rings. The minimum Gasteiger partial charge on any atom is -0.488 e. The van der Waals surface area contributed by atoms with E-state index in [1.807, 2.05) is 62.4 Å². The van der Waals surface area contributed by atoms with Crippen molar-refractivity contribution >= 4 is 23.5 Å². The van der Waals surface area contributed by atoms with Gasteiger partial charge in [-0.1, -0.05) is 60.7 Å². The zero-order valence-electron chi connectivity index (χ0n) is 19.5. The molecule has 0 bridgehead atoms. The van der Waals surface area contributed by atoms with Crippen molar-refractivity contribution in [3.63, 3.8) is 0 Å². The topological polar surface area (TPSA) is 93.7 Å². The van der Waals surface area contributed by atoms with Crippen molar-refractivity contribution in [3.8, 4) is 5.75 Å².